The third kappa shape index (κ3) is 68.0. The van der Waals surface area contributed by atoms with Crippen molar-refractivity contribution in [3.8, 4) is 0 Å². The fourth-order valence-corrected chi connectivity index (χ4v) is 9.35. The van der Waals surface area contributed by atoms with E-state index >= 15 is 0 Å². The molecule has 0 fully saturated rings. The van der Waals surface area contributed by atoms with E-state index in [0.29, 0.717) is 12.8 Å². The highest BCUT2D eigenvalue weighted by Gasteiger charge is 2.19. The zero-order valence-corrected chi connectivity index (χ0v) is 53.9. The van der Waals surface area contributed by atoms with Crippen molar-refractivity contribution >= 4 is 17.9 Å². The predicted octanol–water partition coefficient (Wildman–Crippen LogP) is 23.9. The van der Waals surface area contributed by atoms with Gasteiger partial charge in [0.05, 0.1) is 6.42 Å². The summed E-state index contributed by atoms with van der Waals surface area (Å²) in [6.07, 6.45) is 101. The molecule has 0 amide bonds. The van der Waals surface area contributed by atoms with Gasteiger partial charge >= 0.3 is 17.9 Å². The maximum atomic E-state index is 12.9. The van der Waals surface area contributed by atoms with Gasteiger partial charge in [0.25, 0.3) is 0 Å². The first-order valence-electron chi connectivity index (χ1n) is 34.3. The Morgan fingerprint density at radius 2 is 0.482 bits per heavy atom. The smallest absolute Gasteiger partial charge is 0.309 e. The second kappa shape index (κ2) is 69.8. The number of hydrogen-bond donors (Lipinski definition) is 0. The van der Waals surface area contributed by atoms with Crippen LogP contribution in [0, 0.1) is 0 Å². The number of ether oxygens (including phenoxy) is 3. The highest BCUT2D eigenvalue weighted by atomic mass is 16.6. The van der Waals surface area contributed by atoms with Gasteiger partial charge in [-0.15, -0.1) is 0 Å². The van der Waals surface area contributed by atoms with E-state index in [9.17, 15) is 14.4 Å². The first kappa shape index (κ1) is 78.3. The summed E-state index contributed by atoms with van der Waals surface area (Å²) in [6, 6.07) is 0. The van der Waals surface area contributed by atoms with E-state index in [1.165, 1.54) is 135 Å². The van der Waals surface area contributed by atoms with Crippen LogP contribution >= 0.6 is 0 Å². The molecule has 0 aliphatic carbocycles. The molecule has 0 saturated heterocycles. The van der Waals surface area contributed by atoms with Gasteiger partial charge in [-0.3, -0.25) is 14.4 Å². The Labute approximate surface area is 512 Å². The Bertz CT molecular complexity index is 1800. The van der Waals surface area contributed by atoms with Crippen LogP contribution in [0.15, 0.2) is 146 Å². The molecule has 0 aliphatic heterocycles. The molecule has 0 aromatic carbocycles. The van der Waals surface area contributed by atoms with E-state index in [4.69, 9.17) is 14.2 Å². The number of allylic oxidation sites excluding steroid dienone is 23. The summed E-state index contributed by atoms with van der Waals surface area (Å²) in [4.78, 5) is 38.3. The van der Waals surface area contributed by atoms with E-state index in [1.807, 2.05) is 6.08 Å². The standard InChI is InChI=1S/C77H126O6/c1-4-7-10-13-16-19-22-25-28-30-31-32-33-34-35-36-37-38-39-40-41-42-43-44-45-47-49-52-55-58-61-64-67-70-76(79)82-73-74(72-81-75(78)69-66-63-60-57-54-51-48-27-24-21-18-15-12-9-6-3)83-77(80)71-68-65-62-59-56-53-50-46-29-26-23-20-17-14-11-8-5-2/h7-12,16-21,25-29,31-32,48,54,57,63,66,74H,4-6,13-15,22-24,30,33-47,49-53,55-56,58-62,64-65,67-73H2,1-3H3/b10-7-,11-8-,12-9-,19-16-,20-17-,21-18-,28-25-,29-26-,32-31-,48-27-,57-54-,66-63-. The van der Waals surface area contributed by atoms with Gasteiger partial charge in [0, 0.05) is 12.8 Å². The largest absolute Gasteiger partial charge is 0.462 e. The number of unbranched alkanes of at least 4 members (excludes halogenated alkanes) is 27. The molecular weight excluding hydrogens is 1020 g/mol. The summed E-state index contributed by atoms with van der Waals surface area (Å²) < 4.78 is 16.8. The van der Waals surface area contributed by atoms with Gasteiger partial charge in [0.2, 0.25) is 0 Å². The van der Waals surface area contributed by atoms with Crippen molar-refractivity contribution in [2.24, 2.45) is 0 Å². The molecule has 0 aliphatic rings. The van der Waals surface area contributed by atoms with Gasteiger partial charge in [-0.1, -0.05) is 314 Å². The Morgan fingerprint density at radius 3 is 0.783 bits per heavy atom. The van der Waals surface area contributed by atoms with Crippen LogP contribution in [0.2, 0.25) is 0 Å². The molecule has 1 unspecified atom stereocenters. The maximum Gasteiger partial charge on any atom is 0.309 e. The zero-order valence-electron chi connectivity index (χ0n) is 53.9. The van der Waals surface area contributed by atoms with Crippen LogP contribution in [0.5, 0.6) is 0 Å². The minimum atomic E-state index is -0.828. The third-order valence-electron chi connectivity index (χ3n) is 14.4. The number of hydrogen-bond acceptors (Lipinski definition) is 6. The number of rotatable bonds is 61. The average Bonchev–Trinajstić information content (AvgIpc) is 3.49. The summed E-state index contributed by atoms with van der Waals surface area (Å²) in [5.41, 5.74) is 0. The van der Waals surface area contributed by atoms with Gasteiger partial charge in [-0.05, 0) is 116 Å². The van der Waals surface area contributed by atoms with Crippen LogP contribution in [0.3, 0.4) is 0 Å². The highest BCUT2D eigenvalue weighted by Crippen LogP contribution is 2.17. The van der Waals surface area contributed by atoms with Gasteiger partial charge in [-0.2, -0.15) is 0 Å². The predicted molar refractivity (Wildman–Crippen MR) is 362 cm³/mol. The van der Waals surface area contributed by atoms with Crippen LogP contribution in [0.25, 0.3) is 0 Å². The van der Waals surface area contributed by atoms with Crippen LogP contribution in [-0.4, -0.2) is 37.2 Å². The molecule has 0 aromatic rings. The lowest BCUT2D eigenvalue weighted by Crippen LogP contribution is -2.30. The SMILES string of the molecule is CC/C=C\C/C=C\C/C=C\C/C=C\C/C=C\CC(=O)OCC(COC(=O)CCCCCCCCCCCCCCCCCCCCCC/C=C\C/C=C\C/C=C\C/C=C\CC)OC(=O)CCCCCCCCC/C=C\C/C=C\C/C=C\CC. The van der Waals surface area contributed by atoms with Gasteiger partial charge < -0.3 is 14.2 Å². The van der Waals surface area contributed by atoms with Crippen molar-refractivity contribution in [1.29, 1.82) is 0 Å². The molecule has 1 atom stereocenters. The third-order valence-corrected chi connectivity index (χ3v) is 14.4. The van der Waals surface area contributed by atoms with Crippen molar-refractivity contribution in [2.45, 2.75) is 309 Å². The van der Waals surface area contributed by atoms with E-state index in [0.717, 1.165) is 128 Å². The summed E-state index contributed by atoms with van der Waals surface area (Å²) in [5.74, 6) is -1.05. The Hall–Kier alpha value is -4.71. The van der Waals surface area contributed by atoms with Crippen molar-refractivity contribution in [3.63, 3.8) is 0 Å². The normalized spacial score (nSPS) is 13.0. The van der Waals surface area contributed by atoms with Crippen LogP contribution in [-0.2, 0) is 28.6 Å². The van der Waals surface area contributed by atoms with Crippen LogP contribution in [0.4, 0.5) is 0 Å². The minimum Gasteiger partial charge on any atom is -0.462 e. The summed E-state index contributed by atoms with van der Waals surface area (Å²) in [7, 11) is 0. The summed E-state index contributed by atoms with van der Waals surface area (Å²) in [5, 5.41) is 0. The molecule has 0 saturated carbocycles. The lowest BCUT2D eigenvalue weighted by molar-refractivity contribution is -0.166. The number of carbonyl (C=O) groups is 3. The molecular formula is C77H126O6. The second-order valence-corrected chi connectivity index (χ2v) is 22.3. The highest BCUT2D eigenvalue weighted by molar-refractivity contribution is 5.72. The Kier molecular flexibility index (Phi) is 65.8. The second-order valence-electron chi connectivity index (χ2n) is 22.3. The van der Waals surface area contributed by atoms with Crippen molar-refractivity contribution in [3.05, 3.63) is 146 Å². The molecule has 6 nitrogen and oxygen atoms in total. The van der Waals surface area contributed by atoms with Gasteiger partial charge in [0.1, 0.15) is 13.2 Å². The summed E-state index contributed by atoms with van der Waals surface area (Å²) >= 11 is 0. The fourth-order valence-electron chi connectivity index (χ4n) is 9.35. The Balaban J connectivity index is 4.26. The molecule has 6 heteroatoms. The van der Waals surface area contributed by atoms with Crippen LogP contribution < -0.4 is 0 Å². The zero-order chi connectivity index (χ0) is 59.9. The fraction of sp³-hybridized carbons (Fsp3) is 0.649. The van der Waals surface area contributed by atoms with E-state index in [-0.39, 0.29) is 31.6 Å². The molecule has 0 rings (SSSR count). The molecule has 0 aromatic heterocycles. The molecule has 0 heterocycles. The monoisotopic (exact) mass is 1150 g/mol. The van der Waals surface area contributed by atoms with E-state index in [1.54, 1.807) is 6.08 Å². The van der Waals surface area contributed by atoms with Crippen molar-refractivity contribution in [1.82, 2.24) is 0 Å². The number of carbonyl (C=O) groups excluding carboxylic acids is 3. The minimum absolute atomic E-state index is 0.114. The molecule has 0 N–H and O–H groups in total. The molecule has 470 valence electrons. The van der Waals surface area contributed by atoms with Crippen molar-refractivity contribution < 1.29 is 28.6 Å². The van der Waals surface area contributed by atoms with E-state index < -0.39 is 12.1 Å². The first-order valence-corrected chi connectivity index (χ1v) is 34.3. The molecule has 0 radical (unpaired) electrons. The number of esters is 3. The summed E-state index contributed by atoms with van der Waals surface area (Å²) in [6.45, 7) is 6.22. The molecule has 0 bridgehead atoms. The lowest BCUT2D eigenvalue weighted by Gasteiger charge is -2.18. The molecule has 0 spiro atoms. The topological polar surface area (TPSA) is 78.9 Å². The Morgan fingerprint density at radius 1 is 0.253 bits per heavy atom. The van der Waals surface area contributed by atoms with Crippen molar-refractivity contribution in [2.75, 3.05) is 13.2 Å². The van der Waals surface area contributed by atoms with Gasteiger partial charge in [0.15, 0.2) is 6.10 Å². The van der Waals surface area contributed by atoms with E-state index in [2.05, 4.69) is 154 Å². The first-order chi connectivity index (χ1) is 41.0. The quantitative estimate of drug-likeness (QED) is 0.0261. The lowest BCUT2D eigenvalue weighted by atomic mass is 10.0. The average molecular weight is 1150 g/mol. The maximum absolute atomic E-state index is 12.9. The van der Waals surface area contributed by atoms with Gasteiger partial charge in [-0.25, -0.2) is 0 Å². The molecule has 83 heavy (non-hydrogen) atoms. The van der Waals surface area contributed by atoms with Crippen LogP contribution in [0.1, 0.15) is 303 Å².